The van der Waals surface area contributed by atoms with Gasteiger partial charge in [0.05, 0.1) is 0 Å². The molecule has 0 radical (unpaired) electrons. The lowest BCUT2D eigenvalue weighted by Gasteiger charge is -2.20. The average molecular weight is 272 g/mol. The van der Waals surface area contributed by atoms with E-state index in [1.165, 1.54) is 25.7 Å². The molecule has 2 aliphatic carbocycles. The van der Waals surface area contributed by atoms with Crippen LogP contribution in [0.1, 0.15) is 42.5 Å². The van der Waals surface area contributed by atoms with E-state index in [0.29, 0.717) is 17.9 Å². The van der Waals surface area contributed by atoms with Gasteiger partial charge in [0.15, 0.2) is 0 Å². The van der Waals surface area contributed by atoms with E-state index < -0.39 is 0 Å². The topological polar surface area (TPSA) is 58.2 Å². The summed E-state index contributed by atoms with van der Waals surface area (Å²) in [5.41, 5.74) is 5.56. The minimum absolute atomic E-state index is 0.0770. The van der Waals surface area contributed by atoms with Crippen molar-refractivity contribution in [1.29, 1.82) is 0 Å². The lowest BCUT2D eigenvalue weighted by molar-refractivity contribution is -0.123. The van der Waals surface area contributed by atoms with Crippen LogP contribution >= 0.6 is 0 Å². The molecule has 106 valence electrons. The Kier molecular flexibility index (Phi) is 3.72. The zero-order valence-corrected chi connectivity index (χ0v) is 11.5. The second-order valence-electron chi connectivity index (χ2n) is 6.01. The van der Waals surface area contributed by atoms with E-state index in [1.54, 1.807) is 24.3 Å². The quantitative estimate of drug-likeness (QED) is 0.829. The average Bonchev–Trinajstić information content (AvgIpc) is 3.08. The Bertz CT molecular complexity index is 500. The molecule has 2 aliphatic rings. The van der Waals surface area contributed by atoms with Crippen LogP contribution in [0.5, 0.6) is 0 Å². The van der Waals surface area contributed by atoms with Gasteiger partial charge in [0.2, 0.25) is 5.91 Å². The third kappa shape index (κ3) is 2.84. The monoisotopic (exact) mass is 272 g/mol. The van der Waals surface area contributed by atoms with E-state index in [2.05, 4.69) is 10.9 Å². The summed E-state index contributed by atoms with van der Waals surface area (Å²) >= 11 is 0. The first-order valence-electron chi connectivity index (χ1n) is 7.36. The van der Waals surface area contributed by atoms with Crippen molar-refractivity contribution in [3.63, 3.8) is 0 Å². The first kappa shape index (κ1) is 13.2. The summed E-state index contributed by atoms with van der Waals surface area (Å²) in [6.45, 7) is 0. The zero-order chi connectivity index (χ0) is 13.9. The van der Waals surface area contributed by atoms with Gasteiger partial charge in [-0.2, -0.15) is 0 Å². The fourth-order valence-corrected chi connectivity index (χ4v) is 3.70. The summed E-state index contributed by atoms with van der Waals surface area (Å²) in [5, 5.41) is 0. The van der Waals surface area contributed by atoms with Crippen LogP contribution in [0.15, 0.2) is 30.3 Å². The number of hydrogen-bond acceptors (Lipinski definition) is 2. The molecule has 2 bridgehead atoms. The first-order valence-corrected chi connectivity index (χ1v) is 7.36. The minimum Gasteiger partial charge on any atom is -0.273 e. The molecule has 2 amide bonds. The van der Waals surface area contributed by atoms with Gasteiger partial charge in [-0.25, -0.2) is 0 Å². The molecule has 0 heterocycles. The summed E-state index contributed by atoms with van der Waals surface area (Å²) in [7, 11) is 0. The molecule has 0 saturated heterocycles. The lowest BCUT2D eigenvalue weighted by Crippen LogP contribution is -2.42. The number of amides is 2. The second kappa shape index (κ2) is 5.65. The lowest BCUT2D eigenvalue weighted by atomic mass is 9.86. The molecular weight excluding hydrogens is 252 g/mol. The van der Waals surface area contributed by atoms with Crippen molar-refractivity contribution in [3.05, 3.63) is 35.9 Å². The Morgan fingerprint density at radius 2 is 1.85 bits per heavy atom. The Labute approximate surface area is 118 Å². The molecule has 0 spiro atoms. The van der Waals surface area contributed by atoms with Crippen molar-refractivity contribution in [2.24, 2.45) is 17.8 Å². The second-order valence-corrected chi connectivity index (χ2v) is 6.01. The third-order valence-corrected chi connectivity index (χ3v) is 4.68. The summed E-state index contributed by atoms with van der Waals surface area (Å²) in [6.07, 6.45) is 5.64. The highest BCUT2D eigenvalue weighted by molar-refractivity contribution is 5.95. The van der Waals surface area contributed by atoms with Gasteiger partial charge < -0.3 is 0 Å². The van der Waals surface area contributed by atoms with Gasteiger partial charge in [-0.05, 0) is 49.1 Å². The van der Waals surface area contributed by atoms with Crippen LogP contribution in [0.25, 0.3) is 0 Å². The number of rotatable bonds is 3. The highest BCUT2D eigenvalue weighted by atomic mass is 16.2. The predicted octanol–water partition coefficient (Wildman–Crippen LogP) is 2.27. The van der Waals surface area contributed by atoms with E-state index in [0.717, 1.165) is 11.8 Å². The maximum absolute atomic E-state index is 11.9. The molecule has 3 rings (SSSR count). The van der Waals surface area contributed by atoms with E-state index in [4.69, 9.17) is 0 Å². The number of carbonyl (C=O) groups excluding carboxylic acids is 2. The third-order valence-electron chi connectivity index (χ3n) is 4.68. The zero-order valence-electron chi connectivity index (χ0n) is 11.5. The molecule has 4 heteroatoms. The first-order chi connectivity index (χ1) is 9.72. The van der Waals surface area contributed by atoms with E-state index in [9.17, 15) is 9.59 Å². The van der Waals surface area contributed by atoms with Crippen molar-refractivity contribution >= 4 is 11.8 Å². The molecule has 3 atom stereocenters. The molecule has 4 nitrogen and oxygen atoms in total. The fourth-order valence-electron chi connectivity index (χ4n) is 3.70. The highest BCUT2D eigenvalue weighted by Gasteiger charge is 2.40. The largest absolute Gasteiger partial charge is 0.273 e. The van der Waals surface area contributed by atoms with E-state index >= 15 is 0 Å². The molecule has 1 aromatic carbocycles. The van der Waals surface area contributed by atoms with Gasteiger partial charge >= 0.3 is 0 Å². The van der Waals surface area contributed by atoms with Gasteiger partial charge in [0.25, 0.3) is 5.91 Å². The number of hydrazine groups is 1. The Balaban J connectivity index is 1.44. The van der Waals surface area contributed by atoms with Crippen molar-refractivity contribution in [2.45, 2.75) is 32.1 Å². The molecule has 2 N–H and O–H groups in total. The van der Waals surface area contributed by atoms with Crippen LogP contribution in [-0.2, 0) is 4.79 Å². The van der Waals surface area contributed by atoms with E-state index in [-0.39, 0.29) is 11.8 Å². The van der Waals surface area contributed by atoms with Crippen LogP contribution in [0.3, 0.4) is 0 Å². The minimum atomic E-state index is -0.271. The SMILES string of the molecule is O=C(C[C@@H]1C[C@H]2CC[C@H]1C2)NNC(=O)c1ccccc1. The molecule has 1 aromatic rings. The number of carbonyl (C=O) groups is 2. The van der Waals surface area contributed by atoms with Gasteiger partial charge in [-0.15, -0.1) is 0 Å². The summed E-state index contributed by atoms with van der Waals surface area (Å²) < 4.78 is 0. The van der Waals surface area contributed by atoms with Crippen LogP contribution in [-0.4, -0.2) is 11.8 Å². The molecule has 2 fully saturated rings. The molecular formula is C16H20N2O2. The fraction of sp³-hybridized carbons (Fsp3) is 0.500. The molecule has 2 saturated carbocycles. The van der Waals surface area contributed by atoms with Crippen molar-refractivity contribution < 1.29 is 9.59 Å². The molecule has 0 aromatic heterocycles. The van der Waals surface area contributed by atoms with Gasteiger partial charge in [-0.1, -0.05) is 24.6 Å². The number of benzene rings is 1. The van der Waals surface area contributed by atoms with Crippen molar-refractivity contribution in [3.8, 4) is 0 Å². The smallest absolute Gasteiger partial charge is 0.269 e. The van der Waals surface area contributed by atoms with Crippen LogP contribution in [0, 0.1) is 17.8 Å². The standard InChI is InChI=1S/C16H20N2O2/c19-15(10-14-9-11-6-7-13(14)8-11)17-18-16(20)12-4-2-1-3-5-12/h1-5,11,13-14H,6-10H2,(H,17,19)(H,18,20)/t11-,13-,14-/m0/s1. The predicted molar refractivity (Wildman–Crippen MR) is 75.6 cm³/mol. The summed E-state index contributed by atoms with van der Waals surface area (Å²) in [4.78, 5) is 23.7. The van der Waals surface area contributed by atoms with Crippen LogP contribution < -0.4 is 10.9 Å². The number of fused-ring (bicyclic) bond motifs is 2. The molecule has 0 aliphatic heterocycles. The summed E-state index contributed by atoms with van der Waals surface area (Å²) in [6, 6.07) is 8.89. The maximum Gasteiger partial charge on any atom is 0.269 e. The van der Waals surface area contributed by atoms with E-state index in [1.807, 2.05) is 6.07 Å². The Morgan fingerprint density at radius 1 is 1.05 bits per heavy atom. The summed E-state index contributed by atoms with van der Waals surface area (Å²) in [5.74, 6) is 1.74. The van der Waals surface area contributed by atoms with Crippen molar-refractivity contribution in [1.82, 2.24) is 10.9 Å². The molecule has 20 heavy (non-hydrogen) atoms. The normalized spacial score (nSPS) is 27.3. The molecule has 0 unspecified atom stereocenters. The number of nitrogens with one attached hydrogen (secondary N) is 2. The van der Waals surface area contributed by atoms with Gasteiger partial charge in [-0.3, -0.25) is 20.4 Å². The van der Waals surface area contributed by atoms with Gasteiger partial charge in [0, 0.05) is 12.0 Å². The highest BCUT2D eigenvalue weighted by Crippen LogP contribution is 2.49. The maximum atomic E-state index is 11.9. The van der Waals surface area contributed by atoms with Crippen molar-refractivity contribution in [2.75, 3.05) is 0 Å². The van der Waals surface area contributed by atoms with Gasteiger partial charge in [0.1, 0.15) is 0 Å². The Morgan fingerprint density at radius 3 is 2.50 bits per heavy atom. The Hall–Kier alpha value is -1.84. The van der Waals surface area contributed by atoms with Crippen LogP contribution in [0.4, 0.5) is 0 Å². The van der Waals surface area contributed by atoms with Crippen LogP contribution in [0.2, 0.25) is 0 Å². The number of hydrogen-bond donors (Lipinski definition) is 2.